The van der Waals surface area contributed by atoms with Crippen LogP contribution in [-0.4, -0.2) is 7.11 Å². The third kappa shape index (κ3) is 3.05. The maximum atomic E-state index is 8.94. The Morgan fingerprint density at radius 3 is 2.68 bits per heavy atom. The summed E-state index contributed by atoms with van der Waals surface area (Å²) in [7, 11) is 1.64. The third-order valence-corrected chi connectivity index (χ3v) is 3.02. The molecule has 0 bridgehead atoms. The summed E-state index contributed by atoms with van der Waals surface area (Å²) in [6.07, 6.45) is 0. The lowest BCUT2D eigenvalue weighted by Crippen LogP contribution is -2.03. The second-order valence-corrected chi connectivity index (χ2v) is 4.31. The topological polar surface area (TPSA) is 45.0 Å². The summed E-state index contributed by atoms with van der Waals surface area (Å²) in [5.41, 5.74) is 3.90. The highest BCUT2D eigenvalue weighted by Gasteiger charge is 2.05. The first-order valence-corrected chi connectivity index (χ1v) is 6.11. The molecular weight excluding hydrogens is 236 g/mol. The summed E-state index contributed by atoms with van der Waals surface area (Å²) < 4.78 is 5.31. The minimum atomic E-state index is 0.629. The predicted molar refractivity (Wildman–Crippen MR) is 76.2 cm³/mol. The quantitative estimate of drug-likeness (QED) is 0.906. The van der Waals surface area contributed by atoms with E-state index in [1.807, 2.05) is 30.3 Å². The molecule has 2 rings (SSSR count). The van der Waals surface area contributed by atoms with Gasteiger partial charge in [-0.2, -0.15) is 5.26 Å². The second-order valence-electron chi connectivity index (χ2n) is 4.31. The number of para-hydroxylation sites is 1. The van der Waals surface area contributed by atoms with Gasteiger partial charge in [0, 0.05) is 17.8 Å². The van der Waals surface area contributed by atoms with Crippen molar-refractivity contribution in [1.82, 2.24) is 0 Å². The third-order valence-electron chi connectivity index (χ3n) is 3.02. The SMILES string of the molecule is COc1ccc(C#N)cc1CNc1ccccc1C. The number of anilines is 1. The largest absolute Gasteiger partial charge is 0.496 e. The van der Waals surface area contributed by atoms with E-state index in [0.717, 1.165) is 17.0 Å². The van der Waals surface area contributed by atoms with Gasteiger partial charge in [0.05, 0.1) is 18.7 Å². The van der Waals surface area contributed by atoms with Gasteiger partial charge in [0.2, 0.25) is 0 Å². The van der Waals surface area contributed by atoms with Crippen LogP contribution < -0.4 is 10.1 Å². The van der Waals surface area contributed by atoms with Crippen LogP contribution in [0.15, 0.2) is 42.5 Å². The Kier molecular flexibility index (Phi) is 4.04. The first-order valence-electron chi connectivity index (χ1n) is 6.11. The number of methoxy groups -OCH3 is 1. The highest BCUT2D eigenvalue weighted by molar-refractivity contribution is 5.52. The lowest BCUT2D eigenvalue weighted by atomic mass is 10.1. The minimum absolute atomic E-state index is 0.629. The minimum Gasteiger partial charge on any atom is -0.496 e. The molecule has 2 aromatic carbocycles. The average Bonchev–Trinajstić information content (AvgIpc) is 2.46. The highest BCUT2D eigenvalue weighted by atomic mass is 16.5. The van der Waals surface area contributed by atoms with Gasteiger partial charge in [0.15, 0.2) is 0 Å². The van der Waals surface area contributed by atoms with Crippen LogP contribution in [0.3, 0.4) is 0 Å². The zero-order chi connectivity index (χ0) is 13.7. The van der Waals surface area contributed by atoms with Gasteiger partial charge in [-0.05, 0) is 36.8 Å². The van der Waals surface area contributed by atoms with Gasteiger partial charge in [0.25, 0.3) is 0 Å². The molecular formula is C16H16N2O. The van der Waals surface area contributed by atoms with Crippen LogP contribution in [0, 0.1) is 18.3 Å². The highest BCUT2D eigenvalue weighted by Crippen LogP contribution is 2.22. The van der Waals surface area contributed by atoms with E-state index in [2.05, 4.69) is 24.4 Å². The molecule has 19 heavy (non-hydrogen) atoms. The fraction of sp³-hybridized carbons (Fsp3) is 0.188. The van der Waals surface area contributed by atoms with Crippen LogP contribution in [0.2, 0.25) is 0 Å². The van der Waals surface area contributed by atoms with E-state index >= 15 is 0 Å². The molecule has 0 spiro atoms. The molecule has 0 saturated heterocycles. The van der Waals surface area contributed by atoms with Crippen LogP contribution >= 0.6 is 0 Å². The van der Waals surface area contributed by atoms with E-state index in [1.165, 1.54) is 5.56 Å². The predicted octanol–water partition coefficient (Wildman–Crippen LogP) is 3.49. The number of hydrogen-bond acceptors (Lipinski definition) is 3. The molecule has 3 heteroatoms. The van der Waals surface area contributed by atoms with Crippen LogP contribution in [0.1, 0.15) is 16.7 Å². The summed E-state index contributed by atoms with van der Waals surface area (Å²) in [6.45, 7) is 2.69. The summed E-state index contributed by atoms with van der Waals surface area (Å²) in [5, 5.41) is 12.3. The van der Waals surface area contributed by atoms with Gasteiger partial charge >= 0.3 is 0 Å². The van der Waals surface area contributed by atoms with Crippen molar-refractivity contribution in [2.75, 3.05) is 12.4 Å². The molecule has 0 atom stereocenters. The maximum Gasteiger partial charge on any atom is 0.123 e. The van der Waals surface area contributed by atoms with Gasteiger partial charge < -0.3 is 10.1 Å². The van der Waals surface area contributed by atoms with Crippen molar-refractivity contribution in [2.24, 2.45) is 0 Å². The molecule has 0 unspecified atom stereocenters. The van der Waals surface area contributed by atoms with E-state index in [4.69, 9.17) is 10.00 Å². The molecule has 0 aliphatic heterocycles. The zero-order valence-electron chi connectivity index (χ0n) is 11.1. The summed E-state index contributed by atoms with van der Waals surface area (Å²) >= 11 is 0. The molecule has 0 aromatic heterocycles. The van der Waals surface area contributed by atoms with Crippen molar-refractivity contribution < 1.29 is 4.74 Å². The number of nitrogens with one attached hydrogen (secondary N) is 1. The maximum absolute atomic E-state index is 8.94. The Morgan fingerprint density at radius 1 is 1.21 bits per heavy atom. The number of ether oxygens (including phenoxy) is 1. The first kappa shape index (κ1) is 13.0. The van der Waals surface area contributed by atoms with Gasteiger partial charge in [-0.15, -0.1) is 0 Å². The first-order chi connectivity index (χ1) is 9.24. The Hall–Kier alpha value is -2.47. The lowest BCUT2D eigenvalue weighted by Gasteiger charge is -2.12. The molecule has 2 aromatic rings. The van der Waals surface area contributed by atoms with Crippen LogP contribution in [0.4, 0.5) is 5.69 Å². The zero-order valence-corrected chi connectivity index (χ0v) is 11.1. The molecule has 3 nitrogen and oxygen atoms in total. The van der Waals surface area contributed by atoms with E-state index in [-0.39, 0.29) is 0 Å². The van der Waals surface area contributed by atoms with Crippen LogP contribution in [0.5, 0.6) is 5.75 Å². The van der Waals surface area contributed by atoms with Crippen LogP contribution in [0.25, 0.3) is 0 Å². The van der Waals surface area contributed by atoms with Crippen LogP contribution in [-0.2, 0) is 6.54 Å². The van der Waals surface area contributed by atoms with Crippen molar-refractivity contribution in [3.05, 3.63) is 59.2 Å². The van der Waals surface area contributed by atoms with Crippen molar-refractivity contribution in [3.8, 4) is 11.8 Å². The number of aryl methyl sites for hydroxylation is 1. The van der Waals surface area contributed by atoms with Crippen molar-refractivity contribution in [2.45, 2.75) is 13.5 Å². The van der Waals surface area contributed by atoms with Crippen molar-refractivity contribution in [1.29, 1.82) is 5.26 Å². The lowest BCUT2D eigenvalue weighted by molar-refractivity contribution is 0.410. The van der Waals surface area contributed by atoms with Gasteiger partial charge in [-0.1, -0.05) is 18.2 Å². The Balaban J connectivity index is 2.19. The molecule has 0 heterocycles. The summed E-state index contributed by atoms with van der Waals surface area (Å²) in [6, 6.07) is 15.7. The fourth-order valence-corrected chi connectivity index (χ4v) is 1.95. The van der Waals surface area contributed by atoms with E-state index in [1.54, 1.807) is 13.2 Å². The number of rotatable bonds is 4. The normalized spacial score (nSPS) is 9.74. The molecule has 1 N–H and O–H groups in total. The molecule has 0 amide bonds. The molecule has 0 radical (unpaired) electrons. The fourth-order valence-electron chi connectivity index (χ4n) is 1.95. The number of nitriles is 1. The molecule has 96 valence electrons. The number of nitrogens with zero attached hydrogens (tertiary/aromatic N) is 1. The summed E-state index contributed by atoms with van der Waals surface area (Å²) in [4.78, 5) is 0. The Bertz CT molecular complexity index is 614. The van der Waals surface area contributed by atoms with Gasteiger partial charge in [-0.25, -0.2) is 0 Å². The van der Waals surface area contributed by atoms with E-state index < -0.39 is 0 Å². The standard InChI is InChI=1S/C16H16N2O/c1-12-5-3-4-6-15(12)18-11-14-9-13(10-17)7-8-16(14)19-2/h3-9,18H,11H2,1-2H3. The average molecular weight is 252 g/mol. The van der Waals surface area contributed by atoms with Gasteiger partial charge in [-0.3, -0.25) is 0 Å². The van der Waals surface area contributed by atoms with E-state index in [0.29, 0.717) is 12.1 Å². The van der Waals surface area contributed by atoms with Gasteiger partial charge in [0.1, 0.15) is 5.75 Å². The molecule has 0 fully saturated rings. The Labute approximate surface area is 113 Å². The molecule has 0 saturated carbocycles. The monoisotopic (exact) mass is 252 g/mol. The molecule has 0 aliphatic rings. The number of hydrogen-bond donors (Lipinski definition) is 1. The smallest absolute Gasteiger partial charge is 0.123 e. The summed E-state index contributed by atoms with van der Waals surface area (Å²) in [5.74, 6) is 0.792. The van der Waals surface area contributed by atoms with E-state index in [9.17, 15) is 0 Å². The Morgan fingerprint density at radius 2 is 2.00 bits per heavy atom. The van der Waals surface area contributed by atoms with Crippen molar-refractivity contribution in [3.63, 3.8) is 0 Å². The van der Waals surface area contributed by atoms with Crippen molar-refractivity contribution >= 4 is 5.69 Å². The second kappa shape index (κ2) is 5.92. The molecule has 0 aliphatic carbocycles. The number of benzene rings is 2.